The molecule has 0 aliphatic carbocycles. The van der Waals surface area contributed by atoms with E-state index in [0.29, 0.717) is 10.5 Å². The summed E-state index contributed by atoms with van der Waals surface area (Å²) in [6.07, 6.45) is 0. The molecule has 2 amide bonds. The number of carbonyl (C=O) groups is 1. The number of nitrogens with two attached hydrogens (primary N) is 1. The molecule has 1 unspecified atom stereocenters. The molecule has 3 rings (SSSR count). The predicted molar refractivity (Wildman–Crippen MR) is 45.5 cm³/mol. The van der Waals surface area contributed by atoms with E-state index in [1.165, 1.54) is 0 Å². The minimum Gasteiger partial charge on any atom is -1.00 e. The third kappa shape index (κ3) is 1.69. The first-order valence-corrected chi connectivity index (χ1v) is 4.54. The van der Waals surface area contributed by atoms with Gasteiger partial charge in [0.05, 0.1) is 6.04 Å². The van der Waals surface area contributed by atoms with Gasteiger partial charge in [-0.15, -0.1) is 0 Å². The Morgan fingerprint density at radius 2 is 2.00 bits per heavy atom. The van der Waals surface area contributed by atoms with Crippen LogP contribution in [0.3, 0.4) is 0 Å². The van der Waals surface area contributed by atoms with Gasteiger partial charge in [-0.25, -0.2) is 9.28 Å². The molecule has 3 aliphatic rings. The van der Waals surface area contributed by atoms with Crippen molar-refractivity contribution in [2.45, 2.75) is 13.0 Å². The molecule has 3 fully saturated rings. The highest BCUT2D eigenvalue weighted by Gasteiger charge is 2.46. The SMILES string of the molecule is CC1C[N+]2(C(N)=O)CCN1CC2.[I-]. The van der Waals surface area contributed by atoms with Crippen LogP contribution in [0.5, 0.6) is 0 Å². The molecule has 13 heavy (non-hydrogen) atoms. The molecule has 5 heteroatoms. The molecule has 4 nitrogen and oxygen atoms in total. The summed E-state index contributed by atoms with van der Waals surface area (Å²) in [6.45, 7) is 6.98. The van der Waals surface area contributed by atoms with E-state index in [1.807, 2.05) is 0 Å². The second kappa shape index (κ2) is 3.70. The van der Waals surface area contributed by atoms with Crippen molar-refractivity contribution in [2.24, 2.45) is 5.73 Å². The average Bonchev–Trinajstić information content (AvgIpc) is 2.05. The van der Waals surface area contributed by atoms with Gasteiger partial charge >= 0.3 is 6.03 Å². The van der Waals surface area contributed by atoms with Crippen LogP contribution in [0.15, 0.2) is 0 Å². The van der Waals surface area contributed by atoms with E-state index in [2.05, 4.69) is 11.8 Å². The number of primary amides is 1. The van der Waals surface area contributed by atoms with E-state index in [9.17, 15) is 4.79 Å². The molecular weight excluding hydrogens is 281 g/mol. The van der Waals surface area contributed by atoms with Crippen LogP contribution in [-0.4, -0.2) is 54.2 Å². The predicted octanol–water partition coefficient (Wildman–Crippen LogP) is -3.40. The van der Waals surface area contributed by atoms with Crippen molar-refractivity contribution in [3.63, 3.8) is 0 Å². The molecule has 3 saturated heterocycles. The molecule has 2 N–H and O–H groups in total. The maximum absolute atomic E-state index is 11.3. The van der Waals surface area contributed by atoms with Gasteiger partial charge in [-0.3, -0.25) is 4.90 Å². The fourth-order valence-corrected chi connectivity index (χ4v) is 2.42. The van der Waals surface area contributed by atoms with Crippen LogP contribution in [0.1, 0.15) is 6.92 Å². The van der Waals surface area contributed by atoms with Gasteiger partial charge in [0.15, 0.2) is 0 Å². The first-order chi connectivity index (χ1) is 5.64. The highest BCUT2D eigenvalue weighted by Crippen LogP contribution is 2.23. The summed E-state index contributed by atoms with van der Waals surface area (Å²) in [5.74, 6) is 0. The van der Waals surface area contributed by atoms with Gasteiger partial charge in [0.1, 0.15) is 19.6 Å². The molecule has 0 spiro atoms. The Morgan fingerprint density at radius 3 is 2.31 bits per heavy atom. The number of carbonyl (C=O) groups excluding carboxylic acids is 1. The minimum absolute atomic E-state index is 0. The second-order valence-corrected chi connectivity index (χ2v) is 4.00. The van der Waals surface area contributed by atoms with E-state index < -0.39 is 0 Å². The molecule has 2 bridgehead atoms. The number of halogens is 1. The maximum atomic E-state index is 11.3. The Balaban J connectivity index is 0.000000845. The Labute approximate surface area is 95.7 Å². The van der Waals surface area contributed by atoms with Crippen molar-refractivity contribution in [3.8, 4) is 0 Å². The zero-order valence-electron chi connectivity index (χ0n) is 7.87. The van der Waals surface area contributed by atoms with Gasteiger partial charge in [-0.05, 0) is 6.92 Å². The summed E-state index contributed by atoms with van der Waals surface area (Å²) >= 11 is 0. The molecule has 0 aromatic rings. The average molecular weight is 297 g/mol. The van der Waals surface area contributed by atoms with Gasteiger partial charge in [-0.1, -0.05) is 0 Å². The summed E-state index contributed by atoms with van der Waals surface area (Å²) in [6, 6.07) is 0.390. The lowest BCUT2D eigenvalue weighted by molar-refractivity contribution is -0.868. The molecule has 3 heterocycles. The fraction of sp³-hybridized carbons (Fsp3) is 0.875. The first kappa shape index (κ1) is 11.2. The Hall–Kier alpha value is 0.120. The van der Waals surface area contributed by atoms with Crippen molar-refractivity contribution >= 4 is 6.03 Å². The Bertz CT molecular complexity index is 213. The van der Waals surface area contributed by atoms with Crippen molar-refractivity contribution in [2.75, 3.05) is 32.7 Å². The smallest absolute Gasteiger partial charge is 0.414 e. The van der Waals surface area contributed by atoms with E-state index in [4.69, 9.17) is 5.73 Å². The van der Waals surface area contributed by atoms with E-state index in [0.717, 1.165) is 32.7 Å². The van der Waals surface area contributed by atoms with Gasteiger partial charge in [-0.2, -0.15) is 0 Å². The molecular formula is C8H16IN3O. The van der Waals surface area contributed by atoms with E-state index >= 15 is 0 Å². The number of nitrogens with zero attached hydrogens (tertiary/aromatic N) is 2. The lowest BCUT2D eigenvalue weighted by Gasteiger charge is -2.50. The lowest BCUT2D eigenvalue weighted by Crippen LogP contribution is -3.00. The first-order valence-electron chi connectivity index (χ1n) is 4.54. The third-order valence-electron chi connectivity index (χ3n) is 3.34. The van der Waals surface area contributed by atoms with Crippen molar-refractivity contribution in [3.05, 3.63) is 0 Å². The Morgan fingerprint density at radius 1 is 1.46 bits per heavy atom. The topological polar surface area (TPSA) is 46.3 Å². The summed E-state index contributed by atoms with van der Waals surface area (Å²) in [4.78, 5) is 13.7. The molecule has 0 saturated carbocycles. The summed E-state index contributed by atoms with van der Waals surface area (Å²) in [5, 5.41) is 0. The number of rotatable bonds is 0. The quantitative estimate of drug-likeness (QED) is 0.374. The van der Waals surface area contributed by atoms with Crippen LogP contribution in [0.2, 0.25) is 0 Å². The molecule has 0 radical (unpaired) electrons. The van der Waals surface area contributed by atoms with Crippen LogP contribution >= 0.6 is 0 Å². The molecule has 76 valence electrons. The standard InChI is InChI=1S/C8H15N3O.HI/c1-7-6-11(8(9)12)4-2-10(7)3-5-11;/h7H,2-6H2,1H3,(H-,9,12);1H. The monoisotopic (exact) mass is 297 g/mol. The fourth-order valence-electron chi connectivity index (χ4n) is 2.42. The normalized spacial score (nSPS) is 42.5. The summed E-state index contributed by atoms with van der Waals surface area (Å²) < 4.78 is 0.525. The van der Waals surface area contributed by atoms with Gasteiger partial charge in [0.25, 0.3) is 0 Å². The Kier molecular flexibility index (Phi) is 3.19. The van der Waals surface area contributed by atoms with Gasteiger partial charge in [0, 0.05) is 13.1 Å². The highest BCUT2D eigenvalue weighted by atomic mass is 127. The molecule has 0 aromatic carbocycles. The number of hydrogen-bond acceptors (Lipinski definition) is 2. The van der Waals surface area contributed by atoms with Gasteiger partial charge < -0.3 is 29.7 Å². The largest absolute Gasteiger partial charge is 1.00 e. The summed E-state index contributed by atoms with van der Waals surface area (Å²) in [7, 11) is 0. The van der Waals surface area contributed by atoms with Crippen molar-refractivity contribution in [1.29, 1.82) is 0 Å². The number of piperazine rings is 3. The lowest BCUT2D eigenvalue weighted by atomic mass is 10.1. The number of urea groups is 1. The highest BCUT2D eigenvalue weighted by molar-refractivity contribution is 5.64. The second-order valence-electron chi connectivity index (χ2n) is 4.00. The number of fused-ring (bicyclic) bond motifs is 3. The molecule has 3 aliphatic heterocycles. The van der Waals surface area contributed by atoms with Crippen LogP contribution in [-0.2, 0) is 0 Å². The van der Waals surface area contributed by atoms with E-state index in [-0.39, 0.29) is 30.0 Å². The summed E-state index contributed by atoms with van der Waals surface area (Å²) in [5.41, 5.74) is 5.41. The molecule has 1 atom stereocenters. The van der Waals surface area contributed by atoms with Crippen molar-refractivity contribution < 1.29 is 33.3 Å². The third-order valence-corrected chi connectivity index (χ3v) is 3.34. The number of quaternary nitrogens is 1. The number of hydrogen-bond donors (Lipinski definition) is 1. The van der Waals surface area contributed by atoms with Gasteiger partial charge in [0.2, 0.25) is 0 Å². The van der Waals surface area contributed by atoms with E-state index in [1.54, 1.807) is 0 Å². The zero-order valence-corrected chi connectivity index (χ0v) is 10.0. The zero-order chi connectivity index (χ0) is 8.77. The minimum atomic E-state index is -0.138. The van der Waals surface area contributed by atoms with Crippen LogP contribution in [0.25, 0.3) is 0 Å². The van der Waals surface area contributed by atoms with Crippen molar-refractivity contribution in [1.82, 2.24) is 4.90 Å². The van der Waals surface area contributed by atoms with Crippen LogP contribution in [0.4, 0.5) is 4.79 Å². The number of amides is 2. The van der Waals surface area contributed by atoms with Crippen LogP contribution < -0.4 is 29.7 Å². The maximum Gasteiger partial charge on any atom is 0.414 e. The van der Waals surface area contributed by atoms with Crippen LogP contribution in [0, 0.1) is 0 Å². The molecule has 0 aromatic heterocycles.